The second-order valence-electron chi connectivity index (χ2n) is 4.23. The summed E-state index contributed by atoms with van der Waals surface area (Å²) in [6.07, 6.45) is 2.77. The van der Waals surface area contributed by atoms with Crippen molar-refractivity contribution < 1.29 is 13.2 Å². The van der Waals surface area contributed by atoms with Gasteiger partial charge >= 0.3 is 0 Å². The lowest BCUT2D eigenvalue weighted by Gasteiger charge is -2.13. The van der Waals surface area contributed by atoms with Gasteiger partial charge in [-0.3, -0.25) is 4.79 Å². The van der Waals surface area contributed by atoms with Crippen LogP contribution in [0.3, 0.4) is 0 Å². The van der Waals surface area contributed by atoms with Gasteiger partial charge in [0.25, 0.3) is 0 Å². The Morgan fingerprint density at radius 1 is 1.48 bits per heavy atom. The first-order valence-electron chi connectivity index (χ1n) is 5.76. The van der Waals surface area contributed by atoms with Crippen LogP contribution in [0.15, 0.2) is 40.2 Å². The molecule has 1 aromatic heterocycles. The molecule has 1 atom stereocenters. The second kappa shape index (κ2) is 5.92. The Morgan fingerprint density at radius 2 is 2.19 bits per heavy atom. The minimum absolute atomic E-state index is 0.0447. The fraction of sp³-hybridized carbons (Fsp3) is 0.182. The first-order valence-corrected chi connectivity index (χ1v) is 8.10. The topological polar surface area (TPSA) is 120 Å². The number of benzene rings is 1. The van der Waals surface area contributed by atoms with E-state index in [1.807, 2.05) is 0 Å². The molecular formula is C11H12BrN5O3S. The molecule has 1 amide bonds. The predicted molar refractivity (Wildman–Crippen MR) is 78.9 cm³/mol. The Balaban J connectivity index is 2.19. The van der Waals surface area contributed by atoms with Crippen molar-refractivity contribution >= 4 is 37.5 Å². The number of sulfonamides is 1. The molecule has 0 fully saturated rings. The van der Waals surface area contributed by atoms with E-state index in [0.29, 0.717) is 10.2 Å². The van der Waals surface area contributed by atoms with Gasteiger partial charge in [-0.2, -0.15) is 5.10 Å². The second-order valence-corrected chi connectivity index (χ2v) is 6.64. The molecule has 1 aromatic carbocycles. The highest BCUT2D eigenvalue weighted by molar-refractivity contribution is 9.10. The van der Waals surface area contributed by atoms with Gasteiger partial charge in [0.2, 0.25) is 15.9 Å². The van der Waals surface area contributed by atoms with Crippen molar-refractivity contribution in [3.05, 3.63) is 35.3 Å². The average molecular weight is 374 g/mol. The molecule has 21 heavy (non-hydrogen) atoms. The summed E-state index contributed by atoms with van der Waals surface area (Å²) in [7, 11) is -3.79. The van der Waals surface area contributed by atoms with Crippen molar-refractivity contribution in [2.24, 2.45) is 5.14 Å². The van der Waals surface area contributed by atoms with Gasteiger partial charge in [-0.1, -0.05) is 0 Å². The summed E-state index contributed by atoms with van der Waals surface area (Å²) in [4.78, 5) is 15.8. The van der Waals surface area contributed by atoms with Crippen LogP contribution in [0.4, 0.5) is 5.69 Å². The molecular weight excluding hydrogens is 362 g/mol. The Kier molecular flexibility index (Phi) is 4.40. The molecule has 3 N–H and O–H groups in total. The first kappa shape index (κ1) is 15.6. The number of primary sulfonamides is 1. The van der Waals surface area contributed by atoms with E-state index in [1.165, 1.54) is 35.5 Å². The SMILES string of the molecule is CC(C(=O)Nc1ccc(S(N)(=O)=O)cc1Br)n1cncn1. The van der Waals surface area contributed by atoms with E-state index in [1.54, 1.807) is 6.92 Å². The maximum Gasteiger partial charge on any atom is 0.249 e. The third-order valence-corrected chi connectivity index (χ3v) is 4.31. The van der Waals surface area contributed by atoms with Crippen LogP contribution in [0.25, 0.3) is 0 Å². The summed E-state index contributed by atoms with van der Waals surface area (Å²) in [5.74, 6) is -0.315. The third-order valence-electron chi connectivity index (χ3n) is 2.74. The standard InChI is InChI=1S/C11H12BrN5O3S/c1-7(17-6-14-5-15-17)11(18)16-10-3-2-8(4-9(10)12)21(13,19)20/h2-7H,1H3,(H,16,18)(H2,13,19,20). The minimum Gasteiger partial charge on any atom is -0.323 e. The molecule has 0 bridgehead atoms. The van der Waals surface area contributed by atoms with Crippen molar-refractivity contribution in [1.82, 2.24) is 14.8 Å². The number of amides is 1. The summed E-state index contributed by atoms with van der Waals surface area (Å²) in [6, 6.07) is 3.54. The lowest BCUT2D eigenvalue weighted by atomic mass is 10.2. The molecule has 0 saturated carbocycles. The normalized spacial score (nSPS) is 12.9. The van der Waals surface area contributed by atoms with E-state index in [4.69, 9.17) is 5.14 Å². The van der Waals surface area contributed by atoms with Crippen molar-refractivity contribution in [2.45, 2.75) is 17.9 Å². The van der Waals surface area contributed by atoms with Gasteiger partial charge < -0.3 is 5.32 Å². The van der Waals surface area contributed by atoms with Crippen LogP contribution in [0.1, 0.15) is 13.0 Å². The summed E-state index contributed by atoms with van der Waals surface area (Å²) in [5, 5.41) is 11.6. The highest BCUT2D eigenvalue weighted by Crippen LogP contribution is 2.26. The van der Waals surface area contributed by atoms with Crippen LogP contribution < -0.4 is 10.5 Å². The number of nitrogens with one attached hydrogen (secondary N) is 1. The fourth-order valence-electron chi connectivity index (χ4n) is 1.55. The Morgan fingerprint density at radius 3 is 2.71 bits per heavy atom. The van der Waals surface area contributed by atoms with Gasteiger partial charge in [-0.15, -0.1) is 0 Å². The molecule has 8 nitrogen and oxygen atoms in total. The number of carbonyl (C=O) groups is 1. The highest BCUT2D eigenvalue weighted by Gasteiger charge is 2.17. The van der Waals surface area contributed by atoms with Crippen molar-refractivity contribution in [3.63, 3.8) is 0 Å². The molecule has 112 valence electrons. The summed E-state index contributed by atoms with van der Waals surface area (Å²) < 4.78 is 24.3. The minimum atomic E-state index is -3.79. The zero-order valence-corrected chi connectivity index (χ0v) is 13.3. The van der Waals surface area contributed by atoms with Gasteiger partial charge in [0, 0.05) is 4.47 Å². The highest BCUT2D eigenvalue weighted by atomic mass is 79.9. The number of nitrogens with two attached hydrogens (primary N) is 1. The van der Waals surface area contributed by atoms with E-state index in [-0.39, 0.29) is 10.8 Å². The maximum absolute atomic E-state index is 12.1. The van der Waals surface area contributed by atoms with Crippen LogP contribution in [0.5, 0.6) is 0 Å². The largest absolute Gasteiger partial charge is 0.323 e. The van der Waals surface area contributed by atoms with E-state index in [0.717, 1.165) is 0 Å². The number of nitrogens with zero attached hydrogens (tertiary/aromatic N) is 3. The molecule has 0 aliphatic heterocycles. The van der Waals surface area contributed by atoms with Crippen LogP contribution >= 0.6 is 15.9 Å². The van der Waals surface area contributed by atoms with Crippen LogP contribution in [-0.4, -0.2) is 29.1 Å². The van der Waals surface area contributed by atoms with Crippen molar-refractivity contribution in [3.8, 4) is 0 Å². The summed E-state index contributed by atoms with van der Waals surface area (Å²) in [5.41, 5.74) is 0.430. The van der Waals surface area contributed by atoms with Gasteiger partial charge in [0.1, 0.15) is 18.7 Å². The molecule has 0 aliphatic rings. The first-order chi connectivity index (χ1) is 9.79. The summed E-state index contributed by atoms with van der Waals surface area (Å²) >= 11 is 3.20. The van der Waals surface area contributed by atoms with Gasteiger partial charge in [-0.25, -0.2) is 23.2 Å². The van der Waals surface area contributed by atoms with Crippen LogP contribution in [0.2, 0.25) is 0 Å². The van der Waals surface area contributed by atoms with Crippen molar-refractivity contribution in [1.29, 1.82) is 0 Å². The molecule has 1 heterocycles. The Labute approximate surface area is 129 Å². The van der Waals surface area contributed by atoms with Crippen LogP contribution in [-0.2, 0) is 14.8 Å². The van der Waals surface area contributed by atoms with E-state index in [9.17, 15) is 13.2 Å². The quantitative estimate of drug-likeness (QED) is 0.824. The maximum atomic E-state index is 12.1. The van der Waals surface area contributed by atoms with E-state index in [2.05, 4.69) is 31.3 Å². The zero-order valence-electron chi connectivity index (χ0n) is 10.9. The lowest BCUT2D eigenvalue weighted by molar-refractivity contribution is -0.119. The molecule has 0 saturated heterocycles. The number of rotatable bonds is 4. The van der Waals surface area contributed by atoms with E-state index >= 15 is 0 Å². The lowest BCUT2D eigenvalue weighted by Crippen LogP contribution is -2.24. The number of anilines is 1. The zero-order chi connectivity index (χ0) is 15.6. The molecule has 0 aliphatic carbocycles. The predicted octanol–water partition coefficient (Wildman–Crippen LogP) is 0.888. The Hall–Kier alpha value is -1.78. The summed E-state index contributed by atoms with van der Waals surface area (Å²) in [6.45, 7) is 1.66. The smallest absolute Gasteiger partial charge is 0.249 e. The number of aromatic nitrogens is 3. The molecule has 1 unspecified atom stereocenters. The number of halogens is 1. The number of hydrogen-bond donors (Lipinski definition) is 2. The molecule has 2 aromatic rings. The van der Waals surface area contributed by atoms with Gasteiger partial charge in [0.15, 0.2) is 0 Å². The van der Waals surface area contributed by atoms with Crippen LogP contribution in [0, 0.1) is 0 Å². The molecule has 10 heteroatoms. The van der Waals surface area contributed by atoms with E-state index < -0.39 is 16.1 Å². The van der Waals surface area contributed by atoms with Gasteiger partial charge in [0.05, 0.1) is 10.6 Å². The monoisotopic (exact) mass is 373 g/mol. The van der Waals surface area contributed by atoms with Gasteiger partial charge in [-0.05, 0) is 41.1 Å². The molecule has 0 radical (unpaired) electrons. The molecule has 0 spiro atoms. The average Bonchev–Trinajstić information content (AvgIpc) is 2.92. The van der Waals surface area contributed by atoms with Crippen molar-refractivity contribution in [2.75, 3.05) is 5.32 Å². The third kappa shape index (κ3) is 3.65. The Bertz CT molecular complexity index is 760. The fourth-order valence-corrected chi connectivity index (χ4v) is 2.72. The number of carbonyl (C=O) groups excluding carboxylic acids is 1. The number of hydrogen-bond acceptors (Lipinski definition) is 5. The molecule has 2 rings (SSSR count).